The molecule has 19 heavy (non-hydrogen) atoms. The lowest BCUT2D eigenvalue weighted by molar-refractivity contribution is 0.257. The Morgan fingerprint density at radius 3 is 3.21 bits per heavy atom. The Balaban J connectivity index is 1.93. The second-order valence-corrected chi connectivity index (χ2v) is 4.78. The van der Waals surface area contributed by atoms with Crippen molar-refractivity contribution in [3.8, 4) is 5.75 Å². The van der Waals surface area contributed by atoms with E-state index < -0.39 is 0 Å². The third-order valence-corrected chi connectivity index (χ3v) is 3.46. The van der Waals surface area contributed by atoms with Crippen molar-refractivity contribution in [3.05, 3.63) is 42.2 Å². The van der Waals surface area contributed by atoms with E-state index >= 15 is 0 Å². The number of anilines is 1. The van der Waals surface area contributed by atoms with Gasteiger partial charge < -0.3 is 14.6 Å². The summed E-state index contributed by atoms with van der Waals surface area (Å²) in [5.74, 6) is 1.94. The van der Waals surface area contributed by atoms with E-state index in [1.807, 2.05) is 24.5 Å². The number of nitrogens with one attached hydrogen (secondary N) is 1. The third-order valence-electron chi connectivity index (χ3n) is 3.46. The van der Waals surface area contributed by atoms with Crippen LogP contribution in [0.2, 0.25) is 0 Å². The Kier molecular flexibility index (Phi) is 3.40. The number of benzene rings is 1. The van der Waals surface area contributed by atoms with Crippen LogP contribution < -0.4 is 10.1 Å². The van der Waals surface area contributed by atoms with Gasteiger partial charge in [0.25, 0.3) is 0 Å². The molecule has 2 aromatic rings. The van der Waals surface area contributed by atoms with E-state index in [9.17, 15) is 0 Å². The van der Waals surface area contributed by atoms with Crippen LogP contribution in [0, 0.1) is 0 Å². The molecule has 4 heteroatoms. The highest BCUT2D eigenvalue weighted by molar-refractivity contribution is 5.40. The van der Waals surface area contributed by atoms with E-state index in [-0.39, 0.29) is 0 Å². The molecule has 0 saturated heterocycles. The summed E-state index contributed by atoms with van der Waals surface area (Å²) in [7, 11) is 0. The number of imidazole rings is 1. The second-order valence-electron chi connectivity index (χ2n) is 4.78. The number of para-hydroxylation sites is 1. The molecule has 1 aliphatic rings. The summed E-state index contributed by atoms with van der Waals surface area (Å²) in [5.41, 5.74) is 1.24. The highest BCUT2D eigenvalue weighted by Crippen LogP contribution is 2.35. The average Bonchev–Trinajstić information content (AvgIpc) is 2.92. The van der Waals surface area contributed by atoms with Gasteiger partial charge in [0.15, 0.2) is 0 Å². The van der Waals surface area contributed by atoms with Crippen molar-refractivity contribution in [2.45, 2.75) is 25.8 Å². The van der Waals surface area contributed by atoms with Gasteiger partial charge in [-0.1, -0.05) is 25.1 Å². The molecular formula is C15H19N3O. The van der Waals surface area contributed by atoms with Crippen molar-refractivity contribution in [2.75, 3.05) is 18.5 Å². The van der Waals surface area contributed by atoms with Crippen molar-refractivity contribution in [2.24, 2.45) is 0 Å². The topological polar surface area (TPSA) is 39.1 Å². The first kappa shape index (κ1) is 12.1. The third kappa shape index (κ3) is 2.30. The quantitative estimate of drug-likeness (QED) is 0.915. The molecule has 0 saturated carbocycles. The number of nitrogens with zero attached hydrogens (tertiary/aromatic N) is 2. The maximum absolute atomic E-state index is 5.72. The number of ether oxygens (including phenoxy) is 1. The van der Waals surface area contributed by atoms with Crippen LogP contribution in [0.4, 0.5) is 5.95 Å². The van der Waals surface area contributed by atoms with Crippen LogP contribution in [-0.4, -0.2) is 22.7 Å². The lowest BCUT2D eigenvalue weighted by Gasteiger charge is -2.28. The lowest BCUT2D eigenvalue weighted by atomic mass is 10.0. The van der Waals surface area contributed by atoms with E-state index in [1.54, 1.807) is 0 Å². The predicted molar refractivity (Wildman–Crippen MR) is 75.7 cm³/mol. The highest BCUT2D eigenvalue weighted by atomic mass is 16.5. The largest absolute Gasteiger partial charge is 0.493 e. The standard InChI is InChI=1S/C15H19N3O/c1-2-8-16-15-17-9-10-18(15)13-7-11-19-14-6-4-3-5-12(13)14/h3-6,9-10,13H,2,7-8,11H2,1H3,(H,16,17). The van der Waals surface area contributed by atoms with Crippen molar-refractivity contribution >= 4 is 5.95 Å². The SMILES string of the molecule is CCCNc1nccn1C1CCOc2ccccc21. The van der Waals surface area contributed by atoms with Gasteiger partial charge in [0.05, 0.1) is 12.6 Å². The van der Waals surface area contributed by atoms with Crippen LogP contribution in [0.15, 0.2) is 36.7 Å². The van der Waals surface area contributed by atoms with Gasteiger partial charge in [-0.2, -0.15) is 0 Å². The fraction of sp³-hybridized carbons (Fsp3) is 0.400. The zero-order chi connectivity index (χ0) is 13.1. The first-order valence-electron chi connectivity index (χ1n) is 6.88. The van der Waals surface area contributed by atoms with Crippen LogP contribution in [0.25, 0.3) is 0 Å². The van der Waals surface area contributed by atoms with Gasteiger partial charge in [0, 0.05) is 30.9 Å². The molecule has 1 aromatic carbocycles. The first-order valence-corrected chi connectivity index (χ1v) is 6.88. The minimum absolute atomic E-state index is 0.312. The van der Waals surface area contributed by atoms with Gasteiger partial charge in [0.2, 0.25) is 5.95 Å². The minimum atomic E-state index is 0.312. The fourth-order valence-electron chi connectivity index (χ4n) is 2.55. The summed E-state index contributed by atoms with van der Waals surface area (Å²) in [5, 5.41) is 3.38. The Bertz CT molecular complexity index is 550. The summed E-state index contributed by atoms with van der Waals surface area (Å²) in [6, 6.07) is 8.58. The minimum Gasteiger partial charge on any atom is -0.493 e. The monoisotopic (exact) mass is 257 g/mol. The molecule has 0 amide bonds. The van der Waals surface area contributed by atoms with Crippen molar-refractivity contribution < 1.29 is 4.74 Å². The summed E-state index contributed by atoms with van der Waals surface area (Å²) < 4.78 is 7.94. The van der Waals surface area contributed by atoms with Gasteiger partial charge in [-0.15, -0.1) is 0 Å². The number of rotatable bonds is 4. The van der Waals surface area contributed by atoms with Crippen LogP contribution >= 0.6 is 0 Å². The van der Waals surface area contributed by atoms with E-state index in [1.165, 1.54) is 5.56 Å². The van der Waals surface area contributed by atoms with Gasteiger partial charge in [0.1, 0.15) is 5.75 Å². The van der Waals surface area contributed by atoms with Crippen molar-refractivity contribution in [1.82, 2.24) is 9.55 Å². The molecule has 0 fully saturated rings. The number of fused-ring (bicyclic) bond motifs is 1. The Labute approximate surface area is 113 Å². The highest BCUT2D eigenvalue weighted by Gasteiger charge is 2.23. The maximum Gasteiger partial charge on any atom is 0.203 e. The van der Waals surface area contributed by atoms with E-state index in [0.29, 0.717) is 6.04 Å². The Hall–Kier alpha value is -1.97. The zero-order valence-electron chi connectivity index (χ0n) is 11.2. The molecule has 2 heterocycles. The molecule has 4 nitrogen and oxygen atoms in total. The van der Waals surface area contributed by atoms with Crippen LogP contribution in [0.3, 0.4) is 0 Å². The molecule has 1 aliphatic heterocycles. The number of hydrogen-bond donors (Lipinski definition) is 1. The Morgan fingerprint density at radius 1 is 1.42 bits per heavy atom. The molecular weight excluding hydrogens is 238 g/mol. The molecule has 1 aromatic heterocycles. The van der Waals surface area contributed by atoms with Crippen LogP contribution in [0.1, 0.15) is 31.4 Å². The summed E-state index contributed by atoms with van der Waals surface area (Å²) >= 11 is 0. The Morgan fingerprint density at radius 2 is 2.32 bits per heavy atom. The summed E-state index contributed by atoms with van der Waals surface area (Å²) in [6.07, 6.45) is 5.98. The average molecular weight is 257 g/mol. The molecule has 0 spiro atoms. The molecule has 1 atom stereocenters. The van der Waals surface area contributed by atoms with E-state index in [0.717, 1.165) is 37.7 Å². The fourth-order valence-corrected chi connectivity index (χ4v) is 2.55. The van der Waals surface area contributed by atoms with Crippen LogP contribution in [-0.2, 0) is 0 Å². The van der Waals surface area contributed by atoms with Crippen molar-refractivity contribution in [3.63, 3.8) is 0 Å². The molecule has 3 rings (SSSR count). The van der Waals surface area contributed by atoms with Crippen LogP contribution in [0.5, 0.6) is 5.75 Å². The molecule has 0 bridgehead atoms. The molecule has 100 valence electrons. The van der Waals surface area contributed by atoms with E-state index in [2.05, 4.69) is 33.9 Å². The molecule has 0 aliphatic carbocycles. The number of hydrogen-bond acceptors (Lipinski definition) is 3. The maximum atomic E-state index is 5.72. The second kappa shape index (κ2) is 5.34. The molecule has 1 N–H and O–H groups in total. The van der Waals surface area contributed by atoms with Gasteiger partial charge in [-0.3, -0.25) is 0 Å². The summed E-state index contributed by atoms with van der Waals surface area (Å²) in [4.78, 5) is 4.41. The number of aromatic nitrogens is 2. The molecule has 1 unspecified atom stereocenters. The normalized spacial score (nSPS) is 17.6. The van der Waals surface area contributed by atoms with Gasteiger partial charge in [-0.25, -0.2) is 4.98 Å². The van der Waals surface area contributed by atoms with Gasteiger partial charge >= 0.3 is 0 Å². The molecule has 0 radical (unpaired) electrons. The smallest absolute Gasteiger partial charge is 0.203 e. The predicted octanol–water partition coefficient (Wildman–Crippen LogP) is 3.08. The first-order chi connectivity index (χ1) is 9.40. The van der Waals surface area contributed by atoms with E-state index in [4.69, 9.17) is 4.74 Å². The van der Waals surface area contributed by atoms with Gasteiger partial charge in [-0.05, 0) is 12.5 Å². The van der Waals surface area contributed by atoms with Crippen molar-refractivity contribution in [1.29, 1.82) is 0 Å². The lowest BCUT2D eigenvalue weighted by Crippen LogP contribution is -2.21. The summed E-state index contributed by atoms with van der Waals surface area (Å²) in [6.45, 7) is 3.86. The zero-order valence-corrected chi connectivity index (χ0v) is 11.2.